The third-order valence-corrected chi connectivity index (χ3v) is 4.99. The molecule has 1 fully saturated rings. The molecule has 2 heterocycles. The Bertz CT molecular complexity index is 844. The van der Waals surface area contributed by atoms with E-state index >= 15 is 0 Å². The maximum absolute atomic E-state index is 13.3. The number of furan rings is 1. The van der Waals surface area contributed by atoms with Gasteiger partial charge in [0.2, 0.25) is 5.91 Å². The van der Waals surface area contributed by atoms with Crippen LogP contribution in [0.4, 0.5) is 23.7 Å². The van der Waals surface area contributed by atoms with E-state index in [0.29, 0.717) is 31.7 Å². The lowest BCUT2D eigenvalue weighted by atomic mass is 10.0. The molecule has 0 saturated carbocycles. The number of nitrogens with zero attached hydrogens (tertiary/aromatic N) is 2. The van der Waals surface area contributed by atoms with Gasteiger partial charge in [-0.1, -0.05) is 12.1 Å². The fourth-order valence-corrected chi connectivity index (χ4v) is 3.46. The highest BCUT2D eigenvalue weighted by atomic mass is 19.4. The number of para-hydroxylation sites is 1. The Morgan fingerprint density at radius 1 is 1.17 bits per heavy atom. The SMILES string of the molecule is CC(=O)N1CCC(N(Cc2ccco2)C(=O)Nc2ccccc2C(F)(F)F)CC1. The van der Waals surface area contributed by atoms with Gasteiger partial charge in [0, 0.05) is 26.1 Å². The summed E-state index contributed by atoms with van der Waals surface area (Å²) in [5.74, 6) is 0.489. The summed E-state index contributed by atoms with van der Waals surface area (Å²) < 4.78 is 45.1. The van der Waals surface area contributed by atoms with Crippen LogP contribution in [-0.2, 0) is 17.5 Å². The van der Waals surface area contributed by atoms with Crippen LogP contribution in [0.15, 0.2) is 47.1 Å². The normalized spacial score (nSPS) is 15.2. The molecular formula is C20H22F3N3O3. The van der Waals surface area contributed by atoms with E-state index in [1.165, 1.54) is 36.3 Å². The minimum Gasteiger partial charge on any atom is -0.467 e. The quantitative estimate of drug-likeness (QED) is 0.817. The number of rotatable bonds is 4. The van der Waals surface area contributed by atoms with Crippen LogP contribution >= 0.6 is 0 Å². The highest BCUT2D eigenvalue weighted by Gasteiger charge is 2.35. The number of urea groups is 1. The van der Waals surface area contributed by atoms with E-state index in [2.05, 4.69) is 5.32 Å². The first-order valence-corrected chi connectivity index (χ1v) is 9.27. The van der Waals surface area contributed by atoms with E-state index in [9.17, 15) is 22.8 Å². The Kier molecular flexibility index (Phi) is 6.14. The molecule has 1 N–H and O–H groups in total. The van der Waals surface area contributed by atoms with Crippen molar-refractivity contribution in [2.24, 2.45) is 0 Å². The topological polar surface area (TPSA) is 65.8 Å². The van der Waals surface area contributed by atoms with E-state index in [4.69, 9.17) is 4.42 Å². The molecule has 0 aliphatic carbocycles. The Balaban J connectivity index is 1.79. The van der Waals surface area contributed by atoms with Gasteiger partial charge in [-0.15, -0.1) is 0 Å². The smallest absolute Gasteiger partial charge is 0.418 e. The predicted octanol–water partition coefficient (Wildman–Crippen LogP) is 4.34. The van der Waals surface area contributed by atoms with Gasteiger partial charge in [0.15, 0.2) is 0 Å². The maximum atomic E-state index is 13.3. The monoisotopic (exact) mass is 409 g/mol. The second-order valence-corrected chi connectivity index (χ2v) is 6.92. The first-order valence-electron chi connectivity index (χ1n) is 9.27. The Labute approximate surface area is 166 Å². The molecule has 1 aliphatic heterocycles. The predicted molar refractivity (Wildman–Crippen MR) is 100.0 cm³/mol. The molecule has 0 spiro atoms. The zero-order valence-corrected chi connectivity index (χ0v) is 15.9. The average Bonchev–Trinajstić information content (AvgIpc) is 3.19. The minimum absolute atomic E-state index is 0.0374. The molecule has 3 rings (SSSR count). The summed E-state index contributed by atoms with van der Waals surface area (Å²) in [5, 5.41) is 2.41. The van der Waals surface area contributed by atoms with E-state index < -0.39 is 17.8 Å². The molecule has 6 nitrogen and oxygen atoms in total. The van der Waals surface area contributed by atoms with Crippen LogP contribution in [0, 0.1) is 0 Å². The summed E-state index contributed by atoms with van der Waals surface area (Å²) in [5.41, 5.74) is -1.20. The van der Waals surface area contributed by atoms with Gasteiger partial charge in [0.25, 0.3) is 0 Å². The molecule has 1 aromatic heterocycles. The number of carbonyl (C=O) groups is 2. The van der Waals surface area contributed by atoms with Gasteiger partial charge in [0.1, 0.15) is 5.76 Å². The van der Waals surface area contributed by atoms with Crippen molar-refractivity contribution in [2.75, 3.05) is 18.4 Å². The molecule has 0 bridgehead atoms. The largest absolute Gasteiger partial charge is 0.467 e. The maximum Gasteiger partial charge on any atom is 0.418 e. The number of alkyl halides is 3. The molecule has 3 amide bonds. The lowest BCUT2D eigenvalue weighted by molar-refractivity contribution is -0.137. The van der Waals surface area contributed by atoms with Gasteiger partial charge in [-0.2, -0.15) is 13.2 Å². The molecule has 0 unspecified atom stereocenters. The fraction of sp³-hybridized carbons (Fsp3) is 0.400. The molecule has 1 aromatic carbocycles. The zero-order valence-electron chi connectivity index (χ0n) is 15.9. The second kappa shape index (κ2) is 8.59. The van der Waals surface area contributed by atoms with Crippen molar-refractivity contribution in [1.29, 1.82) is 0 Å². The van der Waals surface area contributed by atoms with Crippen molar-refractivity contribution in [3.63, 3.8) is 0 Å². The summed E-state index contributed by atoms with van der Waals surface area (Å²) in [4.78, 5) is 27.7. The van der Waals surface area contributed by atoms with Crippen molar-refractivity contribution < 1.29 is 27.2 Å². The van der Waals surface area contributed by atoms with Crippen LogP contribution in [0.25, 0.3) is 0 Å². The van der Waals surface area contributed by atoms with Crippen molar-refractivity contribution in [2.45, 2.75) is 38.5 Å². The summed E-state index contributed by atoms with van der Waals surface area (Å²) in [7, 11) is 0. The number of anilines is 1. The molecule has 9 heteroatoms. The number of piperidine rings is 1. The van der Waals surface area contributed by atoms with Crippen molar-refractivity contribution in [1.82, 2.24) is 9.80 Å². The minimum atomic E-state index is -4.58. The first-order chi connectivity index (χ1) is 13.8. The van der Waals surface area contributed by atoms with E-state index in [-0.39, 0.29) is 24.2 Å². The average molecular weight is 409 g/mol. The molecule has 1 aliphatic rings. The number of hydrogen-bond donors (Lipinski definition) is 1. The number of nitrogens with one attached hydrogen (secondary N) is 1. The van der Waals surface area contributed by atoms with Crippen LogP contribution in [0.3, 0.4) is 0 Å². The van der Waals surface area contributed by atoms with Crippen molar-refractivity contribution in [3.05, 3.63) is 54.0 Å². The third kappa shape index (κ3) is 5.10. The molecule has 1 saturated heterocycles. The summed E-state index contributed by atoms with van der Waals surface area (Å²) in [6.07, 6.45) is -2.03. The first kappa shape index (κ1) is 20.8. The van der Waals surface area contributed by atoms with Crippen LogP contribution in [0.1, 0.15) is 31.1 Å². The molecule has 2 aromatic rings. The van der Waals surface area contributed by atoms with Gasteiger partial charge >= 0.3 is 12.2 Å². The van der Waals surface area contributed by atoms with Gasteiger partial charge < -0.3 is 19.5 Å². The summed E-state index contributed by atoms with van der Waals surface area (Å²) >= 11 is 0. The molecular weight excluding hydrogens is 387 g/mol. The number of amides is 3. The lowest BCUT2D eigenvalue weighted by Gasteiger charge is -2.38. The highest BCUT2D eigenvalue weighted by Crippen LogP contribution is 2.35. The highest BCUT2D eigenvalue weighted by molar-refractivity contribution is 5.90. The number of halogens is 3. The molecule has 29 heavy (non-hydrogen) atoms. The Morgan fingerprint density at radius 3 is 2.45 bits per heavy atom. The number of carbonyl (C=O) groups excluding carboxylic acids is 2. The van der Waals surface area contributed by atoms with Crippen molar-refractivity contribution >= 4 is 17.6 Å². The number of likely N-dealkylation sites (tertiary alicyclic amines) is 1. The summed E-state index contributed by atoms with van der Waals surface area (Å²) in [6.45, 7) is 2.58. The summed E-state index contributed by atoms with van der Waals surface area (Å²) in [6, 6.07) is 7.39. The number of benzene rings is 1. The van der Waals surface area contributed by atoms with E-state index in [0.717, 1.165) is 6.07 Å². The standard InChI is InChI=1S/C20H22F3N3O3/c1-14(27)25-10-8-15(9-11-25)26(13-16-5-4-12-29-16)19(28)24-18-7-3-2-6-17(18)20(21,22)23/h2-7,12,15H,8-11,13H2,1H3,(H,24,28). The molecule has 0 atom stereocenters. The lowest BCUT2D eigenvalue weighted by Crippen LogP contribution is -2.49. The van der Waals surface area contributed by atoms with Crippen LogP contribution in [0.2, 0.25) is 0 Å². The van der Waals surface area contributed by atoms with Gasteiger partial charge in [-0.25, -0.2) is 4.79 Å². The van der Waals surface area contributed by atoms with E-state index in [1.807, 2.05) is 0 Å². The van der Waals surface area contributed by atoms with Crippen molar-refractivity contribution in [3.8, 4) is 0 Å². The van der Waals surface area contributed by atoms with Gasteiger partial charge in [-0.3, -0.25) is 4.79 Å². The van der Waals surface area contributed by atoms with Crippen LogP contribution < -0.4 is 5.32 Å². The van der Waals surface area contributed by atoms with Crippen LogP contribution in [0.5, 0.6) is 0 Å². The molecule has 0 radical (unpaired) electrons. The Hall–Kier alpha value is -2.97. The fourth-order valence-electron chi connectivity index (χ4n) is 3.46. The van der Waals surface area contributed by atoms with Gasteiger partial charge in [0.05, 0.1) is 24.1 Å². The van der Waals surface area contributed by atoms with E-state index in [1.54, 1.807) is 17.0 Å². The van der Waals surface area contributed by atoms with Crippen LogP contribution in [-0.4, -0.2) is 40.9 Å². The molecule has 156 valence electrons. The number of hydrogen-bond acceptors (Lipinski definition) is 3. The Morgan fingerprint density at radius 2 is 1.86 bits per heavy atom. The van der Waals surface area contributed by atoms with Gasteiger partial charge in [-0.05, 0) is 37.1 Å². The third-order valence-electron chi connectivity index (χ3n) is 4.99. The zero-order chi connectivity index (χ0) is 21.0. The second-order valence-electron chi connectivity index (χ2n) is 6.92.